The van der Waals surface area contributed by atoms with Crippen molar-refractivity contribution in [3.63, 3.8) is 0 Å². The third-order valence-electron chi connectivity index (χ3n) is 4.37. The Hall–Kier alpha value is -3.55. The lowest BCUT2D eigenvalue weighted by Crippen LogP contribution is -2.34. The summed E-state index contributed by atoms with van der Waals surface area (Å²) >= 11 is 0. The second-order valence-electron chi connectivity index (χ2n) is 6.34. The molecule has 3 heterocycles. The predicted molar refractivity (Wildman–Crippen MR) is 98.9 cm³/mol. The second-order valence-corrected chi connectivity index (χ2v) is 6.34. The van der Waals surface area contributed by atoms with Gasteiger partial charge in [-0.25, -0.2) is 9.67 Å². The van der Waals surface area contributed by atoms with E-state index in [2.05, 4.69) is 20.4 Å². The Morgan fingerprint density at radius 1 is 1.04 bits per heavy atom. The number of rotatable bonds is 5. The zero-order chi connectivity index (χ0) is 19.0. The Labute approximate surface area is 155 Å². The molecule has 8 heteroatoms. The first-order valence-corrected chi connectivity index (χ1v) is 8.59. The number of amides is 2. The van der Waals surface area contributed by atoms with Gasteiger partial charge in [-0.1, -0.05) is 12.1 Å². The van der Waals surface area contributed by atoms with Crippen LogP contribution in [0.15, 0.2) is 42.7 Å². The van der Waals surface area contributed by atoms with E-state index in [1.807, 2.05) is 19.9 Å². The highest BCUT2D eigenvalue weighted by molar-refractivity contribution is 6.21. The van der Waals surface area contributed by atoms with Gasteiger partial charge in [-0.3, -0.25) is 19.5 Å². The van der Waals surface area contributed by atoms with Crippen LogP contribution < -0.4 is 5.32 Å². The SMILES string of the molecule is Cc1cc(C)n(-c2cncc(NCCN3C(=O)c4ccccc4C3=O)n2)n1. The Kier molecular flexibility index (Phi) is 4.15. The number of nitrogens with zero attached hydrogens (tertiary/aromatic N) is 5. The summed E-state index contributed by atoms with van der Waals surface area (Å²) in [6.45, 7) is 4.49. The molecule has 3 aromatic rings. The van der Waals surface area contributed by atoms with Gasteiger partial charge in [0.15, 0.2) is 5.82 Å². The van der Waals surface area contributed by atoms with Crippen LogP contribution in [0.3, 0.4) is 0 Å². The molecule has 1 aliphatic rings. The van der Waals surface area contributed by atoms with E-state index in [1.54, 1.807) is 41.3 Å². The van der Waals surface area contributed by atoms with Crippen LogP contribution >= 0.6 is 0 Å². The van der Waals surface area contributed by atoms with E-state index in [0.29, 0.717) is 29.3 Å². The molecule has 0 bridgehead atoms. The highest BCUT2D eigenvalue weighted by Crippen LogP contribution is 2.22. The molecule has 0 spiro atoms. The molecule has 4 rings (SSSR count). The molecule has 0 fully saturated rings. The molecular formula is C19H18N6O2. The largest absolute Gasteiger partial charge is 0.367 e. The van der Waals surface area contributed by atoms with Crippen molar-refractivity contribution in [3.8, 4) is 5.82 Å². The molecule has 2 amide bonds. The summed E-state index contributed by atoms with van der Waals surface area (Å²) in [7, 11) is 0. The lowest BCUT2D eigenvalue weighted by Gasteiger charge is -2.14. The number of benzene rings is 1. The van der Waals surface area contributed by atoms with Crippen molar-refractivity contribution in [2.75, 3.05) is 18.4 Å². The second kappa shape index (κ2) is 6.64. The average molecular weight is 362 g/mol. The molecule has 2 aromatic heterocycles. The highest BCUT2D eigenvalue weighted by atomic mass is 16.2. The number of carbonyl (C=O) groups is 2. The molecule has 0 atom stereocenters. The van der Waals surface area contributed by atoms with Gasteiger partial charge in [0.25, 0.3) is 11.8 Å². The number of anilines is 1. The fourth-order valence-corrected chi connectivity index (χ4v) is 3.14. The monoisotopic (exact) mass is 362 g/mol. The van der Waals surface area contributed by atoms with Gasteiger partial charge in [0.05, 0.1) is 29.2 Å². The maximum atomic E-state index is 12.4. The van der Waals surface area contributed by atoms with Crippen LogP contribution in [0.5, 0.6) is 0 Å². The van der Waals surface area contributed by atoms with E-state index < -0.39 is 0 Å². The van der Waals surface area contributed by atoms with Gasteiger partial charge in [0.1, 0.15) is 5.82 Å². The number of carbonyl (C=O) groups excluding carboxylic acids is 2. The van der Waals surface area contributed by atoms with E-state index in [-0.39, 0.29) is 18.4 Å². The molecule has 0 unspecified atom stereocenters. The van der Waals surface area contributed by atoms with Gasteiger partial charge in [-0.2, -0.15) is 5.10 Å². The fourth-order valence-electron chi connectivity index (χ4n) is 3.14. The van der Waals surface area contributed by atoms with E-state index in [9.17, 15) is 9.59 Å². The van der Waals surface area contributed by atoms with Crippen LogP contribution in [-0.4, -0.2) is 49.6 Å². The maximum Gasteiger partial charge on any atom is 0.261 e. The molecule has 8 nitrogen and oxygen atoms in total. The molecule has 1 N–H and O–H groups in total. The Morgan fingerprint density at radius 3 is 2.37 bits per heavy atom. The lowest BCUT2D eigenvalue weighted by atomic mass is 10.1. The van der Waals surface area contributed by atoms with E-state index >= 15 is 0 Å². The summed E-state index contributed by atoms with van der Waals surface area (Å²) in [6, 6.07) is 8.82. The summed E-state index contributed by atoms with van der Waals surface area (Å²) in [4.78, 5) is 34.7. The number of hydrogen-bond donors (Lipinski definition) is 1. The molecule has 0 saturated carbocycles. The molecular weight excluding hydrogens is 344 g/mol. The zero-order valence-corrected chi connectivity index (χ0v) is 15.0. The molecule has 0 saturated heterocycles. The number of fused-ring (bicyclic) bond motifs is 1. The molecule has 0 aliphatic carbocycles. The lowest BCUT2D eigenvalue weighted by molar-refractivity contribution is 0.0660. The van der Waals surface area contributed by atoms with E-state index in [0.717, 1.165) is 11.4 Å². The van der Waals surface area contributed by atoms with E-state index in [4.69, 9.17) is 0 Å². The topological polar surface area (TPSA) is 93.0 Å². The van der Waals surface area contributed by atoms with Crippen LogP contribution in [0.1, 0.15) is 32.1 Å². The first kappa shape index (κ1) is 16.9. The zero-order valence-electron chi connectivity index (χ0n) is 15.0. The third kappa shape index (κ3) is 3.05. The Bertz CT molecular complexity index is 1010. The van der Waals surface area contributed by atoms with Crippen molar-refractivity contribution in [2.45, 2.75) is 13.8 Å². The van der Waals surface area contributed by atoms with Crippen molar-refractivity contribution in [3.05, 3.63) is 65.2 Å². The normalized spacial score (nSPS) is 13.2. The summed E-state index contributed by atoms with van der Waals surface area (Å²) < 4.78 is 1.72. The van der Waals surface area contributed by atoms with Crippen molar-refractivity contribution in [2.24, 2.45) is 0 Å². The standard InChI is InChI=1S/C19H18N6O2/c1-12-9-13(2)25(23-12)17-11-20-10-16(22-17)21-7-8-24-18(26)14-5-3-4-6-15(14)19(24)27/h3-6,9-11H,7-8H2,1-2H3,(H,21,22). The van der Waals surface area contributed by atoms with Gasteiger partial charge < -0.3 is 5.32 Å². The van der Waals surface area contributed by atoms with Crippen LogP contribution in [0.25, 0.3) is 5.82 Å². The molecule has 136 valence electrons. The summed E-state index contributed by atoms with van der Waals surface area (Å²) in [6.07, 6.45) is 3.23. The first-order valence-electron chi connectivity index (χ1n) is 8.59. The highest BCUT2D eigenvalue weighted by Gasteiger charge is 2.34. The van der Waals surface area contributed by atoms with Gasteiger partial charge in [-0.05, 0) is 32.0 Å². The molecule has 0 radical (unpaired) electrons. The van der Waals surface area contributed by atoms with Crippen LogP contribution in [0.4, 0.5) is 5.82 Å². The number of aromatic nitrogens is 4. The number of nitrogens with one attached hydrogen (secondary N) is 1. The first-order chi connectivity index (χ1) is 13.0. The van der Waals surface area contributed by atoms with Crippen molar-refractivity contribution in [1.29, 1.82) is 0 Å². The number of imide groups is 1. The fraction of sp³-hybridized carbons (Fsp3) is 0.211. The molecule has 1 aromatic carbocycles. The van der Waals surface area contributed by atoms with Crippen LogP contribution in [-0.2, 0) is 0 Å². The van der Waals surface area contributed by atoms with Crippen LogP contribution in [0.2, 0.25) is 0 Å². The average Bonchev–Trinajstić information content (AvgIpc) is 3.13. The molecule has 1 aliphatic heterocycles. The maximum absolute atomic E-state index is 12.4. The molecule has 27 heavy (non-hydrogen) atoms. The Morgan fingerprint density at radius 2 is 1.74 bits per heavy atom. The van der Waals surface area contributed by atoms with Gasteiger partial charge in [0, 0.05) is 18.8 Å². The minimum absolute atomic E-state index is 0.248. The smallest absolute Gasteiger partial charge is 0.261 e. The number of aryl methyl sites for hydroxylation is 2. The van der Waals surface area contributed by atoms with Crippen molar-refractivity contribution in [1.82, 2.24) is 24.6 Å². The minimum Gasteiger partial charge on any atom is -0.367 e. The third-order valence-corrected chi connectivity index (χ3v) is 4.37. The summed E-state index contributed by atoms with van der Waals surface area (Å²) in [5.74, 6) is 0.628. The predicted octanol–water partition coefficient (Wildman–Crippen LogP) is 1.99. The summed E-state index contributed by atoms with van der Waals surface area (Å²) in [5, 5.41) is 7.51. The summed E-state index contributed by atoms with van der Waals surface area (Å²) in [5.41, 5.74) is 2.77. The number of hydrogen-bond acceptors (Lipinski definition) is 6. The minimum atomic E-state index is -0.264. The quantitative estimate of drug-likeness (QED) is 0.698. The van der Waals surface area contributed by atoms with Crippen molar-refractivity contribution < 1.29 is 9.59 Å². The van der Waals surface area contributed by atoms with E-state index in [1.165, 1.54) is 4.90 Å². The van der Waals surface area contributed by atoms with Gasteiger partial charge >= 0.3 is 0 Å². The van der Waals surface area contributed by atoms with Gasteiger partial charge in [0.2, 0.25) is 0 Å². The Balaban J connectivity index is 1.43. The van der Waals surface area contributed by atoms with Gasteiger partial charge in [-0.15, -0.1) is 0 Å². The van der Waals surface area contributed by atoms with Crippen LogP contribution in [0, 0.1) is 13.8 Å². The van der Waals surface area contributed by atoms with Crippen molar-refractivity contribution >= 4 is 17.6 Å².